The molecule has 0 aliphatic carbocycles. The van der Waals surface area contributed by atoms with Crippen LogP contribution in [0, 0.1) is 0 Å². The number of aryl methyl sites for hydroxylation is 1. The van der Waals surface area contributed by atoms with Crippen LogP contribution in [-0.4, -0.2) is 33.6 Å². The summed E-state index contributed by atoms with van der Waals surface area (Å²) in [5, 5.41) is 12.1. The molecule has 0 bridgehead atoms. The third-order valence-electron chi connectivity index (χ3n) is 3.23. The molecule has 3 aromatic rings. The quantitative estimate of drug-likeness (QED) is 0.423. The Hall–Kier alpha value is -2.74. The van der Waals surface area contributed by atoms with Crippen LogP contribution in [0.4, 0.5) is 5.13 Å². The Morgan fingerprint density at radius 3 is 3.21 bits per heavy atom. The molecule has 0 saturated heterocycles. The van der Waals surface area contributed by atoms with Crippen molar-refractivity contribution in [1.29, 1.82) is 0 Å². The topological polar surface area (TPSA) is 81.4 Å². The lowest BCUT2D eigenvalue weighted by Crippen LogP contribution is -2.07. The number of benzene rings is 1. The van der Waals surface area contributed by atoms with Crippen molar-refractivity contribution in [1.82, 2.24) is 14.8 Å². The maximum atomic E-state index is 11.4. The summed E-state index contributed by atoms with van der Waals surface area (Å²) in [5.74, 6) is -0.278. The minimum atomic E-state index is -0.278. The average molecular weight is 343 g/mol. The van der Waals surface area contributed by atoms with Crippen molar-refractivity contribution in [2.24, 2.45) is 12.1 Å². The highest BCUT2D eigenvalue weighted by atomic mass is 32.1. The third kappa shape index (κ3) is 3.77. The summed E-state index contributed by atoms with van der Waals surface area (Å²) in [7, 11) is 1.89. The number of ether oxygens (including phenoxy) is 1. The zero-order chi connectivity index (χ0) is 16.9. The Kier molecular flexibility index (Phi) is 4.85. The molecule has 124 valence electrons. The fourth-order valence-corrected chi connectivity index (χ4v) is 2.91. The Morgan fingerprint density at radius 2 is 2.38 bits per heavy atom. The first-order chi connectivity index (χ1) is 11.7. The van der Waals surface area contributed by atoms with E-state index in [1.807, 2.05) is 36.8 Å². The molecule has 0 saturated carbocycles. The highest BCUT2D eigenvalue weighted by Crippen LogP contribution is 2.17. The van der Waals surface area contributed by atoms with Gasteiger partial charge in [0.1, 0.15) is 5.52 Å². The van der Waals surface area contributed by atoms with E-state index in [0.29, 0.717) is 17.4 Å². The van der Waals surface area contributed by atoms with Gasteiger partial charge in [0.05, 0.1) is 24.9 Å². The predicted octanol–water partition coefficient (Wildman–Crippen LogP) is 2.58. The van der Waals surface area contributed by atoms with Crippen LogP contribution >= 0.6 is 11.3 Å². The van der Waals surface area contributed by atoms with Crippen LogP contribution in [0.15, 0.2) is 34.9 Å². The zero-order valence-electron chi connectivity index (χ0n) is 13.4. The summed E-state index contributed by atoms with van der Waals surface area (Å²) in [6.45, 7) is 2.15. The molecule has 1 aromatic carbocycles. The lowest BCUT2D eigenvalue weighted by atomic mass is 10.2. The lowest BCUT2D eigenvalue weighted by molar-refractivity contribution is -0.142. The van der Waals surface area contributed by atoms with Gasteiger partial charge in [-0.1, -0.05) is 18.2 Å². The van der Waals surface area contributed by atoms with E-state index in [4.69, 9.17) is 4.74 Å². The minimum Gasteiger partial charge on any atom is -0.466 e. The van der Waals surface area contributed by atoms with Crippen molar-refractivity contribution < 1.29 is 9.53 Å². The zero-order valence-corrected chi connectivity index (χ0v) is 14.2. The molecule has 0 radical (unpaired) electrons. The van der Waals surface area contributed by atoms with E-state index in [0.717, 1.165) is 16.5 Å². The number of aromatic nitrogens is 3. The van der Waals surface area contributed by atoms with Gasteiger partial charge in [-0.15, -0.1) is 11.3 Å². The summed E-state index contributed by atoms with van der Waals surface area (Å²) in [6, 6.07) is 5.93. The van der Waals surface area contributed by atoms with E-state index < -0.39 is 0 Å². The van der Waals surface area contributed by atoms with Crippen molar-refractivity contribution in [3.05, 3.63) is 41.0 Å². The van der Waals surface area contributed by atoms with Gasteiger partial charge in [-0.2, -0.15) is 10.2 Å². The molecule has 0 aliphatic heterocycles. The van der Waals surface area contributed by atoms with Crippen LogP contribution in [0.1, 0.15) is 18.2 Å². The molecule has 2 aromatic heterocycles. The number of hydrogen-bond donors (Lipinski definition) is 1. The number of nitrogens with one attached hydrogen (secondary N) is 1. The third-order valence-corrected chi connectivity index (χ3v) is 4.02. The van der Waals surface area contributed by atoms with Crippen LogP contribution in [0.2, 0.25) is 0 Å². The van der Waals surface area contributed by atoms with E-state index in [1.165, 1.54) is 11.3 Å². The largest absolute Gasteiger partial charge is 0.466 e. The molecule has 0 aliphatic rings. The van der Waals surface area contributed by atoms with Gasteiger partial charge in [0.2, 0.25) is 5.13 Å². The van der Waals surface area contributed by atoms with E-state index in [1.54, 1.807) is 17.8 Å². The van der Waals surface area contributed by atoms with Crippen LogP contribution in [0.3, 0.4) is 0 Å². The van der Waals surface area contributed by atoms with Gasteiger partial charge in [0, 0.05) is 29.6 Å². The molecular weight excluding hydrogens is 326 g/mol. The number of hydrazone groups is 1. The number of esters is 1. The van der Waals surface area contributed by atoms with Gasteiger partial charge in [-0.3, -0.25) is 14.9 Å². The van der Waals surface area contributed by atoms with E-state index in [-0.39, 0.29) is 12.4 Å². The Morgan fingerprint density at radius 1 is 1.50 bits per heavy atom. The summed E-state index contributed by atoms with van der Waals surface area (Å²) in [6.07, 6.45) is 3.84. The average Bonchev–Trinajstić information content (AvgIpc) is 3.13. The molecule has 7 nitrogen and oxygen atoms in total. The second-order valence-electron chi connectivity index (χ2n) is 5.08. The van der Waals surface area contributed by atoms with Gasteiger partial charge in [-0.25, -0.2) is 4.98 Å². The van der Waals surface area contributed by atoms with E-state index >= 15 is 0 Å². The van der Waals surface area contributed by atoms with Crippen LogP contribution in [0.25, 0.3) is 10.9 Å². The van der Waals surface area contributed by atoms with Crippen LogP contribution in [0.5, 0.6) is 0 Å². The highest BCUT2D eigenvalue weighted by Gasteiger charge is 2.08. The molecule has 3 rings (SSSR count). The van der Waals surface area contributed by atoms with Crippen molar-refractivity contribution in [2.45, 2.75) is 13.3 Å². The maximum Gasteiger partial charge on any atom is 0.311 e. The number of rotatable bonds is 6. The first kappa shape index (κ1) is 16.1. The van der Waals surface area contributed by atoms with Crippen molar-refractivity contribution >= 4 is 39.6 Å². The number of carbonyl (C=O) groups excluding carboxylic acids is 1. The minimum absolute atomic E-state index is 0.170. The monoisotopic (exact) mass is 343 g/mol. The molecule has 0 unspecified atom stereocenters. The smallest absolute Gasteiger partial charge is 0.311 e. The number of thiazole rings is 1. The Bertz CT molecular complexity index is 884. The number of carbonyl (C=O) groups is 1. The fourth-order valence-electron chi connectivity index (χ4n) is 2.25. The maximum absolute atomic E-state index is 11.4. The highest BCUT2D eigenvalue weighted by molar-refractivity contribution is 7.13. The first-order valence-corrected chi connectivity index (χ1v) is 8.35. The predicted molar refractivity (Wildman–Crippen MR) is 94.4 cm³/mol. The standard InChI is InChI=1S/C16H17N5O2S/c1-3-23-14(22)7-13-10-24-16(18-13)19-17-8-11-5-4-6-12-9-21(2)20-15(11)12/h4-6,8-10H,3,7H2,1-2H3,(H,18,19). The summed E-state index contributed by atoms with van der Waals surface area (Å²) >= 11 is 1.39. The van der Waals surface area contributed by atoms with Gasteiger partial charge in [0.25, 0.3) is 0 Å². The lowest BCUT2D eigenvalue weighted by Gasteiger charge is -1.98. The van der Waals surface area contributed by atoms with Gasteiger partial charge in [-0.05, 0) is 6.92 Å². The molecule has 24 heavy (non-hydrogen) atoms. The fraction of sp³-hybridized carbons (Fsp3) is 0.250. The summed E-state index contributed by atoms with van der Waals surface area (Å²) in [4.78, 5) is 15.7. The second-order valence-corrected chi connectivity index (χ2v) is 5.94. The number of hydrogen-bond acceptors (Lipinski definition) is 7. The summed E-state index contributed by atoms with van der Waals surface area (Å²) in [5.41, 5.74) is 5.37. The van der Waals surface area contributed by atoms with E-state index in [9.17, 15) is 4.79 Å². The number of anilines is 1. The van der Waals surface area contributed by atoms with Gasteiger partial charge in [0.15, 0.2) is 0 Å². The van der Waals surface area contributed by atoms with Crippen molar-refractivity contribution in [3.8, 4) is 0 Å². The first-order valence-electron chi connectivity index (χ1n) is 7.47. The van der Waals surface area contributed by atoms with Crippen LogP contribution in [-0.2, 0) is 23.0 Å². The normalized spacial score (nSPS) is 11.2. The summed E-state index contributed by atoms with van der Waals surface area (Å²) < 4.78 is 6.68. The van der Waals surface area contributed by atoms with Crippen LogP contribution < -0.4 is 5.43 Å². The number of nitrogens with zero attached hydrogens (tertiary/aromatic N) is 4. The Balaban J connectivity index is 1.66. The SMILES string of the molecule is CCOC(=O)Cc1csc(NN=Cc2cccc3cn(C)nc23)n1. The van der Waals surface area contributed by atoms with Crippen molar-refractivity contribution in [3.63, 3.8) is 0 Å². The van der Waals surface area contributed by atoms with Gasteiger partial charge < -0.3 is 4.74 Å². The molecule has 0 atom stereocenters. The molecule has 2 heterocycles. The van der Waals surface area contributed by atoms with Crippen molar-refractivity contribution in [2.75, 3.05) is 12.0 Å². The number of fused-ring (bicyclic) bond motifs is 1. The molecule has 0 amide bonds. The molecule has 1 N–H and O–H groups in total. The Labute approximate surface area is 143 Å². The molecular formula is C16H17N5O2S. The second kappa shape index (κ2) is 7.22. The molecule has 8 heteroatoms. The molecule has 0 spiro atoms. The van der Waals surface area contributed by atoms with Gasteiger partial charge >= 0.3 is 5.97 Å². The van der Waals surface area contributed by atoms with E-state index in [2.05, 4.69) is 20.6 Å². The molecule has 0 fully saturated rings.